The Morgan fingerprint density at radius 1 is 1.19 bits per heavy atom. The van der Waals surface area contributed by atoms with Crippen molar-refractivity contribution < 1.29 is 23.1 Å². The molecule has 0 radical (unpaired) electrons. The van der Waals surface area contributed by atoms with Crippen molar-refractivity contribution >= 4 is 50.8 Å². The van der Waals surface area contributed by atoms with Gasteiger partial charge in [0.1, 0.15) is 18.4 Å². The van der Waals surface area contributed by atoms with E-state index in [0.717, 1.165) is 31.4 Å². The molecule has 2 aromatic rings. The number of hydrogen-bond donors (Lipinski definition) is 5. The van der Waals surface area contributed by atoms with Gasteiger partial charge < -0.3 is 26.5 Å². The molecule has 1 aliphatic rings. The Bertz CT molecular complexity index is 1150. The number of carboxylic acids is 1. The molecule has 1 amide bonds. The third kappa shape index (κ3) is 7.10. The van der Waals surface area contributed by atoms with Crippen LogP contribution in [0.15, 0.2) is 29.4 Å². The third-order valence-corrected chi connectivity index (χ3v) is 8.28. The number of carboxylic acid groups (broad SMARTS) is 1. The third-order valence-electron chi connectivity index (χ3n) is 6.20. The molecule has 7 N–H and O–H groups in total. The smallest absolute Gasteiger partial charge is 0.323 e. The average Bonchev–Trinajstić information content (AvgIpc) is 3.38. The number of aromatic nitrogens is 2. The van der Waals surface area contributed by atoms with Crippen molar-refractivity contribution in [3.8, 4) is 0 Å². The molecule has 2 atom stereocenters. The highest BCUT2D eigenvalue weighted by molar-refractivity contribution is 7.89. The van der Waals surface area contributed by atoms with Crippen LogP contribution in [0.3, 0.4) is 0 Å². The molecule has 1 saturated carbocycles. The summed E-state index contributed by atoms with van der Waals surface area (Å²) in [5, 5.41) is 9.37. The van der Waals surface area contributed by atoms with Crippen LogP contribution in [0.2, 0.25) is 10.0 Å². The lowest BCUT2D eigenvalue weighted by molar-refractivity contribution is -0.147. The maximum atomic E-state index is 13.7. The Morgan fingerprint density at radius 2 is 1.83 bits per heavy atom. The molecular weight excluding hydrogens is 531 g/mol. The van der Waals surface area contributed by atoms with Gasteiger partial charge in [-0.05, 0) is 37.8 Å². The lowest BCUT2D eigenvalue weighted by Gasteiger charge is -2.35. The standard InChI is InChI=1S/C22H30Cl2N6O5S/c23-15-10-14(11-16(24)20(15)26)36(34,35)29-18(7-6-17(25)21-27-8-9-28-21)22(33)30(12-19(31)32)13-4-2-1-3-5-13/h8-11,13,17-18,29H,1-7,12,25-26H2,(H,27,28)(H,31,32)/t17?,18-/m0/s1. The first-order valence-electron chi connectivity index (χ1n) is 11.5. The minimum absolute atomic E-state index is 0.000788. The van der Waals surface area contributed by atoms with E-state index < -0.39 is 40.5 Å². The SMILES string of the molecule is Nc1c(Cl)cc(S(=O)(=O)N[C@@H](CCC(N)c2ncc[nH]2)C(=O)N(CC(=O)O)C2CCCCC2)cc1Cl. The predicted molar refractivity (Wildman–Crippen MR) is 136 cm³/mol. The van der Waals surface area contributed by atoms with Crippen molar-refractivity contribution in [1.29, 1.82) is 0 Å². The topological polar surface area (TPSA) is 184 Å². The second-order valence-electron chi connectivity index (χ2n) is 8.78. The number of nitrogen functional groups attached to an aromatic ring is 1. The normalized spacial score (nSPS) is 16.4. The number of sulfonamides is 1. The Hall–Kier alpha value is -2.38. The van der Waals surface area contributed by atoms with Gasteiger partial charge in [0.15, 0.2) is 0 Å². The number of carbonyl (C=O) groups is 2. The summed E-state index contributed by atoms with van der Waals surface area (Å²) in [4.78, 5) is 33.3. The van der Waals surface area contributed by atoms with E-state index >= 15 is 0 Å². The van der Waals surface area contributed by atoms with Gasteiger partial charge in [0.25, 0.3) is 0 Å². The lowest BCUT2D eigenvalue weighted by Crippen LogP contribution is -2.53. The van der Waals surface area contributed by atoms with Gasteiger partial charge in [0, 0.05) is 18.4 Å². The number of rotatable bonds is 11. The maximum absolute atomic E-state index is 13.7. The molecule has 0 bridgehead atoms. The highest BCUT2D eigenvalue weighted by Crippen LogP contribution is 2.31. The average molecular weight is 561 g/mol. The molecule has 14 heteroatoms. The van der Waals surface area contributed by atoms with Gasteiger partial charge in [-0.15, -0.1) is 0 Å². The Morgan fingerprint density at radius 3 is 2.39 bits per heavy atom. The van der Waals surface area contributed by atoms with E-state index in [9.17, 15) is 23.1 Å². The molecule has 1 fully saturated rings. The van der Waals surface area contributed by atoms with Crippen LogP contribution in [-0.4, -0.2) is 58.9 Å². The minimum Gasteiger partial charge on any atom is -0.480 e. The molecule has 1 aliphatic carbocycles. The fraction of sp³-hybridized carbons (Fsp3) is 0.500. The number of hydrogen-bond acceptors (Lipinski definition) is 7. The Balaban J connectivity index is 1.90. The molecular formula is C22H30Cl2N6O5S. The van der Waals surface area contributed by atoms with Crippen LogP contribution in [0.1, 0.15) is 56.8 Å². The Labute approximate surface area is 219 Å². The highest BCUT2D eigenvalue weighted by atomic mass is 35.5. The summed E-state index contributed by atoms with van der Waals surface area (Å²) in [5.74, 6) is -1.33. The molecule has 0 saturated heterocycles. The first-order chi connectivity index (χ1) is 17.0. The van der Waals surface area contributed by atoms with E-state index in [4.69, 9.17) is 34.7 Å². The van der Waals surface area contributed by atoms with Crippen LogP contribution in [0.25, 0.3) is 0 Å². The monoisotopic (exact) mass is 560 g/mol. The highest BCUT2D eigenvalue weighted by Gasteiger charge is 2.35. The van der Waals surface area contributed by atoms with E-state index in [2.05, 4.69) is 14.7 Å². The molecule has 198 valence electrons. The molecule has 1 heterocycles. The second kappa shape index (κ2) is 12.2. The number of benzene rings is 1. The first kappa shape index (κ1) is 28.2. The van der Waals surface area contributed by atoms with Crippen molar-refractivity contribution in [1.82, 2.24) is 19.6 Å². The molecule has 36 heavy (non-hydrogen) atoms. The van der Waals surface area contributed by atoms with Gasteiger partial charge in [-0.25, -0.2) is 13.4 Å². The van der Waals surface area contributed by atoms with Gasteiger partial charge in [0.2, 0.25) is 15.9 Å². The zero-order valence-corrected chi connectivity index (χ0v) is 21.8. The quantitative estimate of drug-likeness (QED) is 0.259. The number of aliphatic carboxylic acids is 1. The van der Waals surface area contributed by atoms with Crippen molar-refractivity contribution in [3.05, 3.63) is 40.4 Å². The van der Waals surface area contributed by atoms with Gasteiger partial charge in [-0.1, -0.05) is 42.5 Å². The van der Waals surface area contributed by atoms with Crippen LogP contribution in [0, 0.1) is 0 Å². The van der Waals surface area contributed by atoms with Gasteiger partial charge >= 0.3 is 5.97 Å². The minimum atomic E-state index is -4.29. The number of carbonyl (C=O) groups excluding carboxylic acids is 1. The number of aromatic amines is 1. The number of halogens is 2. The van der Waals surface area contributed by atoms with Crippen LogP contribution in [-0.2, 0) is 19.6 Å². The largest absolute Gasteiger partial charge is 0.480 e. The zero-order chi connectivity index (χ0) is 26.5. The number of nitrogens with one attached hydrogen (secondary N) is 2. The zero-order valence-electron chi connectivity index (χ0n) is 19.5. The predicted octanol–water partition coefficient (Wildman–Crippen LogP) is 2.67. The summed E-state index contributed by atoms with van der Waals surface area (Å²) in [6.07, 6.45) is 7.34. The van der Waals surface area contributed by atoms with E-state index in [-0.39, 0.29) is 39.5 Å². The second-order valence-corrected chi connectivity index (χ2v) is 11.3. The van der Waals surface area contributed by atoms with Crippen LogP contribution < -0.4 is 16.2 Å². The van der Waals surface area contributed by atoms with Crippen molar-refractivity contribution in [2.75, 3.05) is 12.3 Å². The molecule has 1 aromatic heterocycles. The van der Waals surface area contributed by atoms with Crippen LogP contribution >= 0.6 is 23.2 Å². The molecule has 11 nitrogen and oxygen atoms in total. The Kier molecular flexibility index (Phi) is 9.59. The number of imidazole rings is 1. The van der Waals surface area contributed by atoms with Crippen molar-refractivity contribution in [2.24, 2.45) is 5.73 Å². The maximum Gasteiger partial charge on any atom is 0.323 e. The summed E-state index contributed by atoms with van der Waals surface area (Å²) in [6, 6.07) is 0.0955. The number of amides is 1. The fourth-order valence-electron chi connectivity index (χ4n) is 4.29. The lowest BCUT2D eigenvalue weighted by atomic mass is 9.93. The van der Waals surface area contributed by atoms with Crippen molar-refractivity contribution in [3.63, 3.8) is 0 Å². The molecule has 1 aromatic carbocycles. The molecule has 0 aliphatic heterocycles. The van der Waals surface area contributed by atoms with E-state index in [1.165, 1.54) is 11.1 Å². The summed E-state index contributed by atoms with van der Waals surface area (Å²) in [7, 11) is -4.29. The number of anilines is 1. The first-order valence-corrected chi connectivity index (χ1v) is 13.8. The summed E-state index contributed by atoms with van der Waals surface area (Å²) >= 11 is 12.0. The van der Waals surface area contributed by atoms with E-state index in [1.54, 1.807) is 6.20 Å². The van der Waals surface area contributed by atoms with E-state index in [0.29, 0.717) is 18.7 Å². The van der Waals surface area contributed by atoms with Crippen LogP contribution in [0.5, 0.6) is 0 Å². The summed E-state index contributed by atoms with van der Waals surface area (Å²) in [5.41, 5.74) is 11.9. The van der Waals surface area contributed by atoms with Gasteiger partial charge in [0.05, 0.1) is 26.7 Å². The summed E-state index contributed by atoms with van der Waals surface area (Å²) in [6.45, 7) is -0.536. The molecule has 1 unspecified atom stereocenters. The van der Waals surface area contributed by atoms with Crippen LogP contribution in [0.4, 0.5) is 5.69 Å². The van der Waals surface area contributed by atoms with Crippen molar-refractivity contribution in [2.45, 2.75) is 68.0 Å². The van der Waals surface area contributed by atoms with Gasteiger partial charge in [-0.2, -0.15) is 4.72 Å². The molecule has 3 rings (SSSR count). The fourth-order valence-corrected chi connectivity index (χ4v) is 6.18. The number of nitrogens with zero attached hydrogens (tertiary/aromatic N) is 2. The molecule has 0 spiro atoms. The number of H-pyrrole nitrogens is 1. The van der Waals surface area contributed by atoms with Gasteiger partial charge in [-0.3, -0.25) is 9.59 Å². The van der Waals surface area contributed by atoms with E-state index in [1.807, 2.05) is 0 Å². The number of nitrogens with two attached hydrogens (primary N) is 2. The summed E-state index contributed by atoms with van der Waals surface area (Å²) < 4.78 is 28.9.